The molecule has 6 heterocycles. The Balaban J connectivity index is 1.73. The summed E-state index contributed by atoms with van der Waals surface area (Å²) in [6, 6.07) is 20.3. The van der Waals surface area contributed by atoms with Gasteiger partial charge in [0.25, 0.3) is 0 Å². The van der Waals surface area contributed by atoms with Gasteiger partial charge in [0, 0.05) is 28.3 Å². The molecule has 4 aromatic heterocycles. The van der Waals surface area contributed by atoms with Gasteiger partial charge in [-0.3, -0.25) is 4.98 Å². The lowest BCUT2D eigenvalue weighted by molar-refractivity contribution is 1.28. The number of aromatic nitrogens is 5. The summed E-state index contributed by atoms with van der Waals surface area (Å²) in [6.07, 6.45) is 9.92. The Kier molecular flexibility index (Phi) is 3.71. The standard InChI is InChI=1S/C25H17N5/c1-2-12-26-22(3-1)25-23-10-8-20(29-23)14-18-6-4-16(27-18)13-17-5-7-19(28-17)15-21-9-11-24(25)30-21/h1-15,27,30H. The highest BCUT2D eigenvalue weighted by Gasteiger charge is 2.11. The first-order valence-corrected chi connectivity index (χ1v) is 9.79. The number of pyridine rings is 1. The largest absolute Gasteiger partial charge is 0.355 e. The van der Waals surface area contributed by atoms with Crippen molar-refractivity contribution in [2.45, 2.75) is 0 Å². The molecule has 2 N–H and O–H groups in total. The molecular formula is C25H17N5. The van der Waals surface area contributed by atoms with Crippen molar-refractivity contribution >= 4 is 46.4 Å². The lowest BCUT2D eigenvalue weighted by Gasteiger charge is -2.02. The smallest absolute Gasteiger partial charge is 0.0752 e. The second-order valence-electron chi connectivity index (χ2n) is 7.27. The molecule has 0 spiro atoms. The van der Waals surface area contributed by atoms with E-state index >= 15 is 0 Å². The van der Waals surface area contributed by atoms with Crippen LogP contribution in [0.5, 0.6) is 0 Å². The molecule has 142 valence electrons. The van der Waals surface area contributed by atoms with E-state index in [2.05, 4.69) is 33.2 Å². The molecule has 5 heteroatoms. The fourth-order valence-corrected chi connectivity index (χ4v) is 3.79. The molecule has 4 aromatic rings. The van der Waals surface area contributed by atoms with Crippen molar-refractivity contribution in [3.05, 3.63) is 89.6 Å². The molecular weight excluding hydrogens is 370 g/mol. The molecule has 0 aromatic carbocycles. The van der Waals surface area contributed by atoms with Gasteiger partial charge in [0.15, 0.2) is 0 Å². The van der Waals surface area contributed by atoms with Gasteiger partial charge >= 0.3 is 0 Å². The minimum Gasteiger partial charge on any atom is -0.355 e. The summed E-state index contributed by atoms with van der Waals surface area (Å²) in [6.45, 7) is 0. The summed E-state index contributed by atoms with van der Waals surface area (Å²) in [5.74, 6) is 0. The van der Waals surface area contributed by atoms with Gasteiger partial charge in [-0.2, -0.15) is 0 Å². The third-order valence-corrected chi connectivity index (χ3v) is 5.14. The Labute approximate surface area is 172 Å². The molecule has 0 atom stereocenters. The van der Waals surface area contributed by atoms with E-state index in [-0.39, 0.29) is 0 Å². The average Bonchev–Trinajstić information content (AvgIpc) is 3.54. The summed E-state index contributed by atoms with van der Waals surface area (Å²) in [7, 11) is 0. The number of fused-ring (bicyclic) bond motifs is 8. The van der Waals surface area contributed by atoms with Crippen molar-refractivity contribution in [3.8, 4) is 11.3 Å². The van der Waals surface area contributed by atoms with E-state index in [1.54, 1.807) is 6.20 Å². The van der Waals surface area contributed by atoms with E-state index in [4.69, 9.17) is 9.97 Å². The molecule has 0 amide bonds. The molecule has 5 nitrogen and oxygen atoms in total. The average molecular weight is 387 g/mol. The highest BCUT2D eigenvalue weighted by Crippen LogP contribution is 2.28. The van der Waals surface area contributed by atoms with E-state index in [1.807, 2.05) is 66.8 Å². The van der Waals surface area contributed by atoms with E-state index in [0.29, 0.717) is 0 Å². The van der Waals surface area contributed by atoms with Crippen LogP contribution in [0.3, 0.4) is 0 Å². The molecule has 0 unspecified atom stereocenters. The van der Waals surface area contributed by atoms with Gasteiger partial charge in [-0.1, -0.05) is 6.07 Å². The Morgan fingerprint density at radius 3 is 2.00 bits per heavy atom. The van der Waals surface area contributed by atoms with E-state index in [1.165, 1.54) is 0 Å². The number of hydrogen-bond acceptors (Lipinski definition) is 3. The number of hydrogen-bond donors (Lipinski definition) is 2. The Morgan fingerprint density at radius 1 is 0.600 bits per heavy atom. The van der Waals surface area contributed by atoms with Crippen molar-refractivity contribution in [2.75, 3.05) is 0 Å². The molecule has 6 rings (SSSR count). The van der Waals surface area contributed by atoms with Crippen LogP contribution in [0, 0.1) is 0 Å². The van der Waals surface area contributed by atoms with Crippen LogP contribution in [0.4, 0.5) is 0 Å². The predicted molar refractivity (Wildman–Crippen MR) is 122 cm³/mol. The number of nitrogens with zero attached hydrogens (tertiary/aromatic N) is 3. The van der Waals surface area contributed by atoms with Gasteiger partial charge in [0.1, 0.15) is 0 Å². The molecule has 0 radical (unpaired) electrons. The molecule has 30 heavy (non-hydrogen) atoms. The van der Waals surface area contributed by atoms with Crippen molar-refractivity contribution in [1.29, 1.82) is 0 Å². The van der Waals surface area contributed by atoms with Crippen LogP contribution in [-0.4, -0.2) is 24.9 Å². The maximum Gasteiger partial charge on any atom is 0.0752 e. The predicted octanol–water partition coefficient (Wildman–Crippen LogP) is 5.72. The Bertz CT molecular complexity index is 1490. The molecule has 0 aliphatic carbocycles. The van der Waals surface area contributed by atoms with Crippen molar-refractivity contribution in [2.24, 2.45) is 0 Å². The SMILES string of the molecule is C1=Cc2cc3ccc([nH]3)c(-c3ccccn3)c3nc(cc4ccc(cc1n2)[nH]4)C=C3. The minimum absolute atomic E-state index is 0.877. The van der Waals surface area contributed by atoms with Gasteiger partial charge in [0.05, 0.1) is 34.0 Å². The van der Waals surface area contributed by atoms with Gasteiger partial charge in [-0.25, -0.2) is 9.97 Å². The zero-order valence-electron chi connectivity index (χ0n) is 16.0. The highest BCUT2D eigenvalue weighted by atomic mass is 14.8. The number of H-pyrrole nitrogens is 2. The lowest BCUT2D eigenvalue weighted by atomic mass is 10.1. The van der Waals surface area contributed by atoms with Gasteiger partial charge in [-0.15, -0.1) is 0 Å². The van der Waals surface area contributed by atoms with E-state index < -0.39 is 0 Å². The van der Waals surface area contributed by atoms with Crippen LogP contribution in [0.25, 0.3) is 57.6 Å². The van der Waals surface area contributed by atoms with Crippen molar-refractivity contribution in [3.63, 3.8) is 0 Å². The van der Waals surface area contributed by atoms with Gasteiger partial charge in [0.2, 0.25) is 0 Å². The minimum atomic E-state index is 0.877. The highest BCUT2D eigenvalue weighted by molar-refractivity contribution is 5.89. The third kappa shape index (κ3) is 3.02. The Hall–Kier alpha value is -4.25. The Morgan fingerprint density at radius 2 is 1.27 bits per heavy atom. The topological polar surface area (TPSA) is 70.2 Å². The molecule has 2 aliphatic heterocycles. The van der Waals surface area contributed by atoms with Crippen LogP contribution in [0.2, 0.25) is 0 Å². The molecule has 0 saturated carbocycles. The summed E-state index contributed by atoms with van der Waals surface area (Å²) in [4.78, 5) is 21.1. The van der Waals surface area contributed by atoms with Crippen molar-refractivity contribution in [1.82, 2.24) is 24.9 Å². The normalized spacial score (nSPS) is 12.4. The van der Waals surface area contributed by atoms with E-state index in [0.717, 1.165) is 56.1 Å². The van der Waals surface area contributed by atoms with Crippen LogP contribution < -0.4 is 0 Å². The fraction of sp³-hybridized carbons (Fsp3) is 0. The fourth-order valence-electron chi connectivity index (χ4n) is 3.79. The van der Waals surface area contributed by atoms with Gasteiger partial charge < -0.3 is 9.97 Å². The third-order valence-electron chi connectivity index (χ3n) is 5.14. The summed E-state index contributed by atoms with van der Waals surface area (Å²) in [5, 5.41) is 0. The van der Waals surface area contributed by atoms with Gasteiger partial charge in [-0.05, 0) is 78.9 Å². The number of rotatable bonds is 1. The maximum absolute atomic E-state index is 4.87. The summed E-state index contributed by atoms with van der Waals surface area (Å²) < 4.78 is 0. The second kappa shape index (κ2) is 6.67. The zero-order chi connectivity index (χ0) is 19.9. The second-order valence-corrected chi connectivity index (χ2v) is 7.27. The van der Waals surface area contributed by atoms with E-state index in [9.17, 15) is 0 Å². The van der Waals surface area contributed by atoms with Crippen LogP contribution in [0.1, 0.15) is 22.8 Å². The molecule has 8 bridgehead atoms. The first-order valence-electron chi connectivity index (χ1n) is 9.79. The van der Waals surface area contributed by atoms with Crippen LogP contribution in [0.15, 0.2) is 66.9 Å². The summed E-state index contributed by atoms with van der Waals surface area (Å²) >= 11 is 0. The summed E-state index contributed by atoms with van der Waals surface area (Å²) in [5.41, 5.74) is 9.41. The monoisotopic (exact) mass is 387 g/mol. The molecule has 2 aliphatic rings. The number of aromatic amines is 2. The van der Waals surface area contributed by atoms with Crippen LogP contribution in [-0.2, 0) is 0 Å². The van der Waals surface area contributed by atoms with Crippen LogP contribution >= 0.6 is 0 Å². The first kappa shape index (κ1) is 16.7. The first-order chi connectivity index (χ1) is 14.8. The molecule has 0 fully saturated rings. The molecule has 0 saturated heterocycles. The quantitative estimate of drug-likeness (QED) is 0.379. The maximum atomic E-state index is 4.87. The zero-order valence-corrected chi connectivity index (χ0v) is 16.0. The van der Waals surface area contributed by atoms with Crippen molar-refractivity contribution < 1.29 is 0 Å². The number of nitrogens with one attached hydrogen (secondary N) is 2. The lowest BCUT2D eigenvalue weighted by Crippen LogP contribution is -1.87.